The third-order valence-corrected chi connectivity index (χ3v) is 14.7. The Morgan fingerprint density at radius 1 is 0.196 bits per heavy atom. The third kappa shape index (κ3) is 28.6. The van der Waals surface area contributed by atoms with Crippen molar-refractivity contribution < 1.29 is 52.7 Å². The molecule has 12 aromatic carbocycles. The van der Waals surface area contributed by atoms with Crippen molar-refractivity contribution in [1.29, 1.82) is 0 Å². The summed E-state index contributed by atoms with van der Waals surface area (Å²) in [4.78, 5) is 0. The Morgan fingerprint density at radius 3 is 0.794 bits per heavy atom. The van der Waals surface area contributed by atoms with Gasteiger partial charge in [-0.15, -0.1) is 0 Å². The van der Waals surface area contributed by atoms with Gasteiger partial charge in [0, 0.05) is 16.7 Å². The molecule has 0 aliphatic carbocycles. The molecule has 0 unspecified atom stereocenters. The van der Waals surface area contributed by atoms with Gasteiger partial charge in [-0.05, 0) is 205 Å². The van der Waals surface area contributed by atoms with Crippen molar-refractivity contribution in [3.05, 3.63) is 425 Å². The van der Waals surface area contributed by atoms with Crippen LogP contribution in [0.15, 0.2) is 273 Å². The van der Waals surface area contributed by atoms with E-state index < -0.39 is 11.7 Å². The summed E-state index contributed by atoms with van der Waals surface area (Å²) >= 11 is 0. The Labute approximate surface area is 589 Å². The number of halogens is 12. The average molecular weight is 1380 g/mol. The van der Waals surface area contributed by atoms with E-state index >= 15 is 0 Å². The summed E-state index contributed by atoms with van der Waals surface area (Å²) in [6, 6.07) is 73.8. The van der Waals surface area contributed by atoms with E-state index in [1.807, 2.05) is 94.4 Å². The summed E-state index contributed by atoms with van der Waals surface area (Å²) < 4.78 is 155. The molecule has 0 spiro atoms. The van der Waals surface area contributed by atoms with Crippen molar-refractivity contribution in [1.82, 2.24) is 0 Å². The quantitative estimate of drug-likeness (QED) is 0.0845. The Hall–Kier alpha value is -11.8. The fraction of sp³-hybridized carbons (Fsp3) is 0.0667. The minimum absolute atomic E-state index is 0.203. The minimum Gasteiger partial charge on any atom is -0.207 e. The van der Waals surface area contributed by atoms with Crippen molar-refractivity contribution in [2.24, 2.45) is 0 Å². The highest BCUT2D eigenvalue weighted by Gasteiger charge is 2.30. The maximum absolute atomic E-state index is 13.5. The van der Waals surface area contributed by atoms with Gasteiger partial charge in [-0.3, -0.25) is 0 Å². The zero-order valence-corrected chi connectivity index (χ0v) is 56.4. The minimum atomic E-state index is -4.30. The summed E-state index contributed by atoms with van der Waals surface area (Å²) in [5.74, 6) is -2.41. The van der Waals surface area contributed by atoms with E-state index in [-0.39, 0.29) is 52.4 Å². The molecule has 0 fully saturated rings. The van der Waals surface area contributed by atoms with E-state index in [1.54, 1.807) is 158 Å². The molecule has 0 atom stereocenters. The van der Waals surface area contributed by atoms with Crippen LogP contribution >= 0.6 is 0 Å². The molecule has 0 saturated heterocycles. The van der Waals surface area contributed by atoms with Crippen molar-refractivity contribution in [3.63, 3.8) is 0 Å². The maximum Gasteiger partial charge on any atom is 0.416 e. The summed E-state index contributed by atoms with van der Waals surface area (Å²) in [5.41, 5.74) is 13.3. The number of alkyl halides is 3. The van der Waals surface area contributed by atoms with Gasteiger partial charge in [0.1, 0.15) is 52.4 Å². The van der Waals surface area contributed by atoms with E-state index in [9.17, 15) is 52.7 Å². The van der Waals surface area contributed by atoms with E-state index in [4.69, 9.17) is 0 Å². The second-order valence-electron chi connectivity index (χ2n) is 23.3. The first-order chi connectivity index (χ1) is 48.9. The topological polar surface area (TPSA) is 0 Å². The summed E-state index contributed by atoms with van der Waals surface area (Å²) in [6.45, 7) is 9.62. The molecule has 0 radical (unpaired) electrons. The molecular weight excluding hydrogens is 1310 g/mol. The van der Waals surface area contributed by atoms with Crippen molar-refractivity contribution in [2.45, 2.75) is 40.8 Å². The van der Waals surface area contributed by atoms with Crippen molar-refractivity contribution >= 4 is 72.9 Å². The van der Waals surface area contributed by atoms with E-state index in [0.717, 1.165) is 67.8 Å². The fourth-order valence-corrected chi connectivity index (χ4v) is 9.26. The van der Waals surface area contributed by atoms with Gasteiger partial charge in [0.25, 0.3) is 0 Å². The van der Waals surface area contributed by atoms with Crippen LogP contribution < -0.4 is 0 Å². The maximum atomic E-state index is 13.5. The van der Waals surface area contributed by atoms with Gasteiger partial charge >= 0.3 is 6.18 Å². The first-order valence-electron chi connectivity index (χ1n) is 32.1. The van der Waals surface area contributed by atoms with Gasteiger partial charge in [-0.2, -0.15) is 13.2 Å². The fourth-order valence-electron chi connectivity index (χ4n) is 9.26. The van der Waals surface area contributed by atoms with Crippen LogP contribution in [-0.4, -0.2) is 0 Å². The van der Waals surface area contributed by atoms with E-state index in [1.165, 1.54) is 103 Å². The largest absolute Gasteiger partial charge is 0.416 e. The molecule has 0 bridgehead atoms. The lowest BCUT2D eigenvalue weighted by molar-refractivity contribution is -0.137. The standard InChI is InChI=1S/C16H13F3.3C15H12F2.C15H13F.C14H10F2/c1-12-5-7-13(8-6-12)9-10-14-3-2-4-15(11-14)16(17,18)19;1-11-2-6-13(15(17)10-11)7-3-12-4-8-14(16)9-5-12;1-11-5-8-15(17)13(9-11)7-6-12-3-2-4-14(16)10-12;1-11-5-7-13(15(17)9-11)8-6-12-3-2-4-14(16)10-12;1-12-5-7-13(8-6-12)9-10-14-3-2-4-15(16)11-14;15-13-5-1-3-11(9-13)7-8-12-4-2-6-14(16)10-12/h2-11H,1H3;3*2-10H,1H3;2-11H,1H3;1-10H/b10-9+;7-3+;7-6+;8-6+;10-9+;8-7+. The average Bonchev–Trinajstić information content (AvgIpc) is 0.858. The first-order valence-corrected chi connectivity index (χ1v) is 32.1. The zero-order chi connectivity index (χ0) is 73.4. The van der Waals surface area contributed by atoms with Gasteiger partial charge in [0.2, 0.25) is 0 Å². The molecule has 0 amide bonds. The highest BCUT2D eigenvalue weighted by molar-refractivity contribution is 5.74. The molecular formula is C90H72F12. The number of aryl methyl sites for hydroxylation is 5. The molecule has 12 heteroatoms. The number of rotatable bonds is 12. The summed E-state index contributed by atoms with van der Waals surface area (Å²) in [6.07, 6.45) is 16.7. The Morgan fingerprint density at radius 2 is 0.461 bits per heavy atom. The number of hydrogen-bond acceptors (Lipinski definition) is 0. The molecule has 0 N–H and O–H groups in total. The van der Waals surface area contributed by atoms with E-state index in [0.29, 0.717) is 33.4 Å². The highest BCUT2D eigenvalue weighted by Crippen LogP contribution is 2.30. The summed E-state index contributed by atoms with van der Waals surface area (Å²) in [7, 11) is 0. The zero-order valence-electron chi connectivity index (χ0n) is 56.4. The Balaban J connectivity index is 0.000000172. The molecule has 516 valence electrons. The predicted octanol–water partition coefficient (Wildman–Crippen LogP) is 27.0. The predicted molar refractivity (Wildman–Crippen MR) is 399 cm³/mol. The second-order valence-corrected chi connectivity index (χ2v) is 23.3. The van der Waals surface area contributed by atoms with E-state index in [2.05, 4.69) is 19.1 Å². The Kier molecular flexibility index (Phi) is 30.2. The monoisotopic (exact) mass is 1380 g/mol. The lowest BCUT2D eigenvalue weighted by Gasteiger charge is -2.06. The Bertz CT molecular complexity index is 4780. The van der Waals surface area contributed by atoms with Crippen LogP contribution in [0.3, 0.4) is 0 Å². The van der Waals surface area contributed by atoms with Gasteiger partial charge in [-0.25, -0.2) is 39.5 Å². The summed E-state index contributed by atoms with van der Waals surface area (Å²) in [5, 5.41) is 0. The van der Waals surface area contributed by atoms with Crippen LogP contribution in [0, 0.1) is 87.0 Å². The molecule has 0 aromatic heterocycles. The SMILES string of the molecule is Cc1ccc(/C=C/c2ccc(F)cc2)c(F)c1.Cc1ccc(/C=C/c2cccc(C(F)(F)F)c2)cc1.Cc1ccc(/C=C/c2cccc(F)c2)c(F)c1.Cc1ccc(/C=C/c2cccc(F)c2)cc1.Cc1ccc(F)c(/C=C/c2cccc(F)c2)c1.Fc1cccc(/C=C/c2cccc(F)c2)c1. The smallest absolute Gasteiger partial charge is 0.207 e. The molecule has 0 nitrogen and oxygen atoms in total. The van der Waals surface area contributed by atoms with Crippen LogP contribution in [0.2, 0.25) is 0 Å². The van der Waals surface area contributed by atoms with Gasteiger partial charge in [0.05, 0.1) is 5.56 Å². The van der Waals surface area contributed by atoms with Crippen molar-refractivity contribution in [3.8, 4) is 0 Å². The van der Waals surface area contributed by atoms with Gasteiger partial charge in [-0.1, -0.05) is 253 Å². The van der Waals surface area contributed by atoms with Crippen LogP contribution in [0.1, 0.15) is 100 Å². The molecule has 102 heavy (non-hydrogen) atoms. The second kappa shape index (κ2) is 39.7. The van der Waals surface area contributed by atoms with Crippen LogP contribution in [0.5, 0.6) is 0 Å². The van der Waals surface area contributed by atoms with Crippen LogP contribution in [-0.2, 0) is 6.18 Å². The highest BCUT2D eigenvalue weighted by atomic mass is 19.4. The normalized spacial score (nSPS) is 11.1. The molecule has 0 saturated carbocycles. The van der Waals surface area contributed by atoms with Crippen LogP contribution in [0.4, 0.5) is 52.7 Å². The number of hydrogen-bond donors (Lipinski definition) is 0. The molecule has 0 aliphatic heterocycles. The van der Waals surface area contributed by atoms with Gasteiger partial charge < -0.3 is 0 Å². The number of benzene rings is 12. The molecule has 0 heterocycles. The van der Waals surface area contributed by atoms with Gasteiger partial charge in [0.15, 0.2) is 0 Å². The molecule has 12 aromatic rings. The molecule has 12 rings (SSSR count). The first kappa shape index (κ1) is 77.6. The van der Waals surface area contributed by atoms with Crippen LogP contribution in [0.25, 0.3) is 72.9 Å². The lowest BCUT2D eigenvalue weighted by atomic mass is 10.1. The molecule has 0 aliphatic rings. The lowest BCUT2D eigenvalue weighted by Crippen LogP contribution is -2.04. The van der Waals surface area contributed by atoms with Crippen molar-refractivity contribution in [2.75, 3.05) is 0 Å². The third-order valence-electron chi connectivity index (χ3n) is 14.7.